The van der Waals surface area contributed by atoms with Crippen molar-refractivity contribution in [3.8, 4) is 0 Å². The van der Waals surface area contributed by atoms with Gasteiger partial charge in [-0.1, -0.05) is 53.6 Å². The lowest BCUT2D eigenvalue weighted by Gasteiger charge is -2.29. The summed E-state index contributed by atoms with van der Waals surface area (Å²) in [4.78, 5) is 0. The maximum absolute atomic E-state index is 5.65. The van der Waals surface area contributed by atoms with Gasteiger partial charge in [0.15, 0.2) is 0 Å². The summed E-state index contributed by atoms with van der Waals surface area (Å²) in [5.41, 5.74) is 0.943. The van der Waals surface area contributed by atoms with Gasteiger partial charge in [-0.05, 0) is 17.8 Å². The third kappa shape index (κ3) is 10.5. The van der Waals surface area contributed by atoms with Crippen molar-refractivity contribution in [3.63, 3.8) is 0 Å². The fraction of sp³-hybridized carbons (Fsp3) is 1.00. The second kappa shape index (κ2) is 6.05. The van der Waals surface area contributed by atoms with Gasteiger partial charge in [0, 0.05) is 12.8 Å². The van der Waals surface area contributed by atoms with Crippen LogP contribution in [0.3, 0.4) is 0 Å². The molecular formula is C13H30OSi. The average molecular weight is 230 g/mol. The third-order valence-corrected chi connectivity index (χ3v) is 6.67. The van der Waals surface area contributed by atoms with Crippen LogP contribution in [-0.2, 0) is 4.74 Å². The Morgan fingerprint density at radius 1 is 0.867 bits per heavy atom. The Morgan fingerprint density at radius 2 is 1.27 bits per heavy atom. The van der Waals surface area contributed by atoms with Gasteiger partial charge in [-0.25, -0.2) is 0 Å². The fourth-order valence-corrected chi connectivity index (χ4v) is 6.62. The van der Waals surface area contributed by atoms with Crippen molar-refractivity contribution in [1.82, 2.24) is 0 Å². The molecule has 0 saturated carbocycles. The molecule has 0 bridgehead atoms. The van der Waals surface area contributed by atoms with Gasteiger partial charge in [-0.2, -0.15) is 0 Å². The van der Waals surface area contributed by atoms with E-state index in [1.807, 2.05) is 0 Å². The van der Waals surface area contributed by atoms with Crippen molar-refractivity contribution in [2.45, 2.75) is 60.6 Å². The van der Waals surface area contributed by atoms with E-state index in [0.29, 0.717) is 10.8 Å². The largest absolute Gasteiger partial charge is 0.385 e. The van der Waals surface area contributed by atoms with Gasteiger partial charge in [-0.15, -0.1) is 0 Å². The van der Waals surface area contributed by atoms with Crippen LogP contribution in [0.4, 0.5) is 0 Å². The molecule has 0 aliphatic heterocycles. The quantitative estimate of drug-likeness (QED) is 0.651. The van der Waals surface area contributed by atoms with Gasteiger partial charge >= 0.3 is 0 Å². The number of hydrogen-bond donors (Lipinski definition) is 0. The van der Waals surface area contributed by atoms with Gasteiger partial charge in [-0.3, -0.25) is 0 Å². The fourth-order valence-electron chi connectivity index (χ4n) is 2.21. The van der Waals surface area contributed by atoms with Gasteiger partial charge in [0.25, 0.3) is 0 Å². The zero-order valence-electron chi connectivity index (χ0n) is 11.8. The number of hydrogen-bond acceptors (Lipinski definition) is 1. The van der Waals surface area contributed by atoms with E-state index in [0.717, 1.165) is 12.8 Å². The van der Waals surface area contributed by atoms with E-state index in [4.69, 9.17) is 4.74 Å². The summed E-state index contributed by atoms with van der Waals surface area (Å²) in [6.45, 7) is 17.1. The molecule has 0 rings (SSSR count). The molecule has 0 unspecified atom stereocenters. The molecular weight excluding hydrogens is 200 g/mol. The summed E-state index contributed by atoms with van der Waals surface area (Å²) in [6, 6.07) is 2.79. The van der Waals surface area contributed by atoms with Crippen LogP contribution >= 0.6 is 0 Å². The molecule has 0 aliphatic rings. The van der Waals surface area contributed by atoms with Crippen LogP contribution in [-0.4, -0.2) is 21.6 Å². The average Bonchev–Trinajstić information content (AvgIpc) is 1.94. The molecule has 0 atom stereocenters. The number of rotatable bonds is 5. The number of ether oxygens (including phenoxy) is 1. The SMILES string of the molecule is CCOC[SiH](CC(C)(C)C)CC(C)(C)C. The van der Waals surface area contributed by atoms with Gasteiger partial charge < -0.3 is 4.74 Å². The molecule has 0 radical (unpaired) electrons. The minimum absolute atomic E-state index is 0.471. The lowest BCUT2D eigenvalue weighted by molar-refractivity contribution is 0.187. The molecule has 0 aliphatic carbocycles. The molecule has 0 N–H and O–H groups in total. The summed E-state index contributed by atoms with van der Waals surface area (Å²) in [6.07, 6.45) is 1.06. The Kier molecular flexibility index (Phi) is 6.12. The first-order chi connectivity index (χ1) is 6.64. The second-order valence-corrected chi connectivity index (χ2v) is 9.94. The topological polar surface area (TPSA) is 9.23 Å². The minimum atomic E-state index is -0.724. The first-order valence-corrected chi connectivity index (χ1v) is 8.67. The lowest BCUT2D eigenvalue weighted by atomic mass is 10.00. The molecule has 1 nitrogen and oxygen atoms in total. The first kappa shape index (κ1) is 15.2. The maximum atomic E-state index is 5.65. The predicted molar refractivity (Wildman–Crippen MR) is 72.2 cm³/mol. The zero-order valence-corrected chi connectivity index (χ0v) is 13.0. The smallest absolute Gasteiger partial charge is 0.0688 e. The zero-order chi connectivity index (χ0) is 12.1. The monoisotopic (exact) mass is 230 g/mol. The van der Waals surface area contributed by atoms with E-state index >= 15 is 0 Å². The molecule has 0 heterocycles. The van der Waals surface area contributed by atoms with E-state index < -0.39 is 8.80 Å². The molecule has 0 aromatic rings. The summed E-state index contributed by atoms with van der Waals surface area (Å²) in [7, 11) is -0.724. The van der Waals surface area contributed by atoms with Gasteiger partial charge in [0.1, 0.15) is 0 Å². The molecule has 15 heavy (non-hydrogen) atoms. The minimum Gasteiger partial charge on any atom is -0.385 e. The summed E-state index contributed by atoms with van der Waals surface area (Å²) < 4.78 is 5.65. The van der Waals surface area contributed by atoms with Crippen LogP contribution < -0.4 is 0 Å². The first-order valence-electron chi connectivity index (χ1n) is 6.22. The van der Waals surface area contributed by atoms with Crippen LogP contribution in [0.25, 0.3) is 0 Å². The van der Waals surface area contributed by atoms with Crippen molar-refractivity contribution >= 4 is 8.80 Å². The molecule has 0 fully saturated rings. The highest BCUT2D eigenvalue weighted by molar-refractivity contribution is 6.59. The van der Waals surface area contributed by atoms with Crippen LogP contribution in [0.5, 0.6) is 0 Å². The Hall–Kier alpha value is 0.177. The normalized spacial score (nSPS) is 13.6. The highest BCUT2D eigenvalue weighted by Crippen LogP contribution is 2.29. The summed E-state index contributed by atoms with van der Waals surface area (Å²) in [5, 5.41) is 0. The van der Waals surface area contributed by atoms with Crippen molar-refractivity contribution in [2.75, 3.05) is 12.8 Å². The Morgan fingerprint density at radius 3 is 1.53 bits per heavy atom. The third-order valence-electron chi connectivity index (χ3n) is 2.36. The van der Waals surface area contributed by atoms with Crippen molar-refractivity contribution in [3.05, 3.63) is 0 Å². The molecule has 0 spiro atoms. The molecule has 0 aromatic carbocycles. The predicted octanol–water partition coefficient (Wildman–Crippen LogP) is 3.88. The molecule has 0 aromatic heterocycles. The highest BCUT2D eigenvalue weighted by atomic mass is 28.3. The molecule has 92 valence electrons. The van der Waals surface area contributed by atoms with Crippen LogP contribution in [0.15, 0.2) is 0 Å². The van der Waals surface area contributed by atoms with E-state index in [2.05, 4.69) is 48.5 Å². The van der Waals surface area contributed by atoms with Crippen molar-refractivity contribution < 1.29 is 4.74 Å². The maximum Gasteiger partial charge on any atom is 0.0688 e. The van der Waals surface area contributed by atoms with Crippen LogP contribution in [0.1, 0.15) is 48.5 Å². The second-order valence-electron chi connectivity index (χ2n) is 7.06. The Balaban J connectivity index is 4.19. The van der Waals surface area contributed by atoms with Gasteiger partial charge in [0.2, 0.25) is 0 Å². The van der Waals surface area contributed by atoms with Crippen molar-refractivity contribution in [1.29, 1.82) is 0 Å². The Labute approximate surface area is 98.2 Å². The van der Waals surface area contributed by atoms with Crippen LogP contribution in [0.2, 0.25) is 12.1 Å². The van der Waals surface area contributed by atoms with Gasteiger partial charge in [0.05, 0.1) is 8.80 Å². The molecule has 0 saturated heterocycles. The highest BCUT2D eigenvalue weighted by Gasteiger charge is 2.25. The Bertz CT molecular complexity index is 148. The van der Waals surface area contributed by atoms with Crippen molar-refractivity contribution in [2.24, 2.45) is 10.8 Å². The summed E-state index contributed by atoms with van der Waals surface area (Å²) >= 11 is 0. The van der Waals surface area contributed by atoms with E-state index in [1.165, 1.54) is 12.1 Å². The van der Waals surface area contributed by atoms with E-state index in [9.17, 15) is 0 Å². The standard InChI is InChI=1S/C13H30OSi/c1-8-14-11-15(9-12(2,3)4)10-13(5,6)7/h15H,8-11H2,1-7H3. The van der Waals surface area contributed by atoms with E-state index in [1.54, 1.807) is 0 Å². The molecule has 0 amide bonds. The van der Waals surface area contributed by atoms with E-state index in [-0.39, 0.29) is 0 Å². The lowest BCUT2D eigenvalue weighted by Crippen LogP contribution is -2.30. The van der Waals surface area contributed by atoms with Crippen LogP contribution in [0, 0.1) is 10.8 Å². The summed E-state index contributed by atoms with van der Waals surface area (Å²) in [5.74, 6) is 0. The molecule has 2 heteroatoms.